The Morgan fingerprint density at radius 3 is 2.56 bits per heavy atom. The summed E-state index contributed by atoms with van der Waals surface area (Å²) < 4.78 is 41.2. The molecule has 100 valence electrons. The van der Waals surface area contributed by atoms with E-state index in [0.29, 0.717) is 6.29 Å². The Morgan fingerprint density at radius 2 is 2.00 bits per heavy atom. The molecule has 0 radical (unpaired) electrons. The summed E-state index contributed by atoms with van der Waals surface area (Å²) in [5.74, 6) is -0.588. The summed E-state index contributed by atoms with van der Waals surface area (Å²) in [5.41, 5.74) is 0.150. The largest absolute Gasteiger partial charge is 0.492 e. The van der Waals surface area contributed by atoms with E-state index in [-0.39, 0.29) is 23.7 Å². The van der Waals surface area contributed by atoms with Gasteiger partial charge < -0.3 is 4.74 Å². The minimum Gasteiger partial charge on any atom is -0.492 e. The first-order chi connectivity index (χ1) is 8.35. The van der Waals surface area contributed by atoms with Gasteiger partial charge in [-0.25, -0.2) is 12.8 Å². The van der Waals surface area contributed by atoms with Crippen molar-refractivity contribution in [2.75, 3.05) is 12.4 Å². The van der Waals surface area contributed by atoms with Crippen LogP contribution in [-0.2, 0) is 9.84 Å². The fourth-order valence-corrected chi connectivity index (χ4v) is 2.03. The molecule has 0 saturated heterocycles. The molecular weight excluding hydrogens is 259 g/mol. The van der Waals surface area contributed by atoms with E-state index in [4.69, 9.17) is 4.74 Å². The highest BCUT2D eigenvalue weighted by atomic mass is 32.2. The lowest BCUT2D eigenvalue weighted by molar-refractivity contribution is 0.112. The van der Waals surface area contributed by atoms with Crippen LogP contribution >= 0.6 is 0 Å². The van der Waals surface area contributed by atoms with Crippen molar-refractivity contribution in [3.05, 3.63) is 29.6 Å². The van der Waals surface area contributed by atoms with Crippen molar-refractivity contribution in [2.24, 2.45) is 0 Å². The number of hydrogen-bond donors (Lipinski definition) is 0. The van der Waals surface area contributed by atoms with Crippen LogP contribution < -0.4 is 4.74 Å². The third-order valence-electron chi connectivity index (χ3n) is 2.38. The number of halogens is 1. The van der Waals surface area contributed by atoms with E-state index < -0.39 is 20.9 Å². The van der Waals surface area contributed by atoms with Gasteiger partial charge in [0, 0.05) is 11.6 Å². The molecule has 0 amide bonds. The molecule has 4 nitrogen and oxygen atoms in total. The smallest absolute Gasteiger partial charge is 0.155 e. The first kappa shape index (κ1) is 14.6. The fourth-order valence-electron chi connectivity index (χ4n) is 1.25. The number of carbonyl (C=O) groups excluding carboxylic acids is 1. The van der Waals surface area contributed by atoms with Crippen LogP contribution in [-0.4, -0.2) is 32.3 Å². The van der Waals surface area contributed by atoms with Crippen molar-refractivity contribution in [3.8, 4) is 5.75 Å². The second kappa shape index (κ2) is 5.95. The van der Waals surface area contributed by atoms with Crippen molar-refractivity contribution in [1.29, 1.82) is 0 Å². The van der Waals surface area contributed by atoms with Gasteiger partial charge in [-0.05, 0) is 26.0 Å². The van der Waals surface area contributed by atoms with E-state index in [9.17, 15) is 17.6 Å². The van der Waals surface area contributed by atoms with Crippen LogP contribution in [0, 0.1) is 5.82 Å². The molecule has 0 unspecified atom stereocenters. The molecule has 6 heteroatoms. The van der Waals surface area contributed by atoms with Gasteiger partial charge in [0.2, 0.25) is 0 Å². The fraction of sp³-hybridized carbons (Fsp3) is 0.417. The molecule has 0 N–H and O–H groups in total. The minimum absolute atomic E-state index is 0.0672. The molecule has 0 aliphatic heterocycles. The maximum absolute atomic E-state index is 13.0. The summed E-state index contributed by atoms with van der Waals surface area (Å²) >= 11 is 0. The van der Waals surface area contributed by atoms with Gasteiger partial charge in [-0.2, -0.15) is 0 Å². The second-order valence-electron chi connectivity index (χ2n) is 4.10. The molecule has 0 heterocycles. The number of hydrogen-bond acceptors (Lipinski definition) is 4. The molecule has 0 aliphatic rings. The predicted octanol–water partition coefficient (Wildman–Crippen LogP) is 1.84. The maximum atomic E-state index is 13.0. The molecular formula is C12H15FO4S. The highest BCUT2D eigenvalue weighted by Crippen LogP contribution is 2.15. The second-order valence-corrected chi connectivity index (χ2v) is 6.78. The zero-order chi connectivity index (χ0) is 13.8. The van der Waals surface area contributed by atoms with Crippen LogP contribution in [0.3, 0.4) is 0 Å². The number of aldehydes is 1. The first-order valence-electron chi connectivity index (χ1n) is 5.45. The summed E-state index contributed by atoms with van der Waals surface area (Å²) in [4.78, 5) is 10.5. The normalized spacial score (nSPS) is 11.6. The summed E-state index contributed by atoms with van der Waals surface area (Å²) in [6.45, 7) is 3.10. The van der Waals surface area contributed by atoms with E-state index in [2.05, 4.69) is 0 Å². The van der Waals surface area contributed by atoms with E-state index >= 15 is 0 Å². The third kappa shape index (κ3) is 4.10. The number of rotatable bonds is 6. The highest BCUT2D eigenvalue weighted by molar-refractivity contribution is 7.91. The minimum atomic E-state index is -3.18. The van der Waals surface area contributed by atoms with Crippen LogP contribution in [0.15, 0.2) is 18.2 Å². The summed E-state index contributed by atoms with van der Waals surface area (Å²) in [6, 6.07) is 3.54. The third-order valence-corrected chi connectivity index (χ3v) is 4.56. The number of benzene rings is 1. The average molecular weight is 274 g/mol. The van der Waals surface area contributed by atoms with E-state index in [1.807, 2.05) is 0 Å². The van der Waals surface area contributed by atoms with Crippen molar-refractivity contribution < 1.29 is 22.3 Å². The molecule has 0 bridgehead atoms. The molecule has 0 atom stereocenters. The van der Waals surface area contributed by atoms with Crippen molar-refractivity contribution in [3.63, 3.8) is 0 Å². The van der Waals surface area contributed by atoms with Crippen molar-refractivity contribution in [1.82, 2.24) is 0 Å². The molecule has 1 aromatic carbocycles. The van der Waals surface area contributed by atoms with Crippen LogP contribution in [0.1, 0.15) is 24.2 Å². The Labute approximate surface area is 106 Å². The quantitative estimate of drug-likeness (QED) is 0.743. The van der Waals surface area contributed by atoms with Crippen LogP contribution in [0.25, 0.3) is 0 Å². The van der Waals surface area contributed by atoms with E-state index in [1.165, 1.54) is 6.07 Å². The molecule has 0 aromatic heterocycles. The average Bonchev–Trinajstić information content (AvgIpc) is 2.27. The lowest BCUT2D eigenvalue weighted by Gasteiger charge is -2.09. The Hall–Kier alpha value is -1.43. The molecule has 1 rings (SSSR count). The van der Waals surface area contributed by atoms with Gasteiger partial charge in [-0.3, -0.25) is 4.79 Å². The van der Waals surface area contributed by atoms with Crippen LogP contribution in [0.5, 0.6) is 5.75 Å². The van der Waals surface area contributed by atoms with E-state index in [0.717, 1.165) is 12.1 Å². The zero-order valence-electron chi connectivity index (χ0n) is 10.2. The number of sulfone groups is 1. The Kier molecular flexibility index (Phi) is 4.84. The summed E-state index contributed by atoms with van der Waals surface area (Å²) in [5, 5.41) is -0.473. The molecule has 1 aromatic rings. The SMILES string of the molecule is CC(C)S(=O)(=O)CCOc1cc(F)cc(C=O)c1. The van der Waals surface area contributed by atoms with Crippen LogP contribution in [0.4, 0.5) is 4.39 Å². The van der Waals surface area contributed by atoms with Gasteiger partial charge in [0.15, 0.2) is 9.84 Å². The summed E-state index contributed by atoms with van der Waals surface area (Å²) in [7, 11) is -3.18. The molecule has 0 aliphatic carbocycles. The van der Waals surface area contributed by atoms with Gasteiger partial charge in [-0.1, -0.05) is 0 Å². The van der Waals surface area contributed by atoms with Crippen molar-refractivity contribution >= 4 is 16.1 Å². The molecule has 0 spiro atoms. The molecule has 0 saturated carbocycles. The van der Waals surface area contributed by atoms with Gasteiger partial charge >= 0.3 is 0 Å². The lowest BCUT2D eigenvalue weighted by atomic mass is 10.2. The standard InChI is InChI=1S/C12H15FO4S/c1-9(2)18(15,16)4-3-17-12-6-10(8-14)5-11(13)7-12/h5-9H,3-4H2,1-2H3. The monoisotopic (exact) mass is 274 g/mol. The summed E-state index contributed by atoms with van der Waals surface area (Å²) in [6.07, 6.45) is 0.501. The predicted molar refractivity (Wildman–Crippen MR) is 66.2 cm³/mol. The van der Waals surface area contributed by atoms with Gasteiger partial charge in [0.25, 0.3) is 0 Å². The Morgan fingerprint density at radius 1 is 1.33 bits per heavy atom. The molecule has 18 heavy (non-hydrogen) atoms. The maximum Gasteiger partial charge on any atom is 0.155 e. The van der Waals surface area contributed by atoms with E-state index in [1.54, 1.807) is 13.8 Å². The van der Waals surface area contributed by atoms with Gasteiger partial charge in [0.05, 0.1) is 11.0 Å². The van der Waals surface area contributed by atoms with Gasteiger partial charge in [0.1, 0.15) is 24.5 Å². The van der Waals surface area contributed by atoms with Crippen molar-refractivity contribution in [2.45, 2.75) is 19.1 Å². The number of carbonyl (C=O) groups is 1. The first-order valence-corrected chi connectivity index (χ1v) is 7.17. The van der Waals surface area contributed by atoms with Crippen LogP contribution in [0.2, 0.25) is 0 Å². The topological polar surface area (TPSA) is 60.4 Å². The Balaban J connectivity index is 2.65. The lowest BCUT2D eigenvalue weighted by Crippen LogP contribution is -2.22. The molecule has 0 fully saturated rings. The Bertz CT molecular complexity index is 523. The zero-order valence-corrected chi connectivity index (χ0v) is 11.0. The number of ether oxygens (including phenoxy) is 1. The highest BCUT2D eigenvalue weighted by Gasteiger charge is 2.15. The van der Waals surface area contributed by atoms with Gasteiger partial charge in [-0.15, -0.1) is 0 Å².